The van der Waals surface area contributed by atoms with Crippen LogP contribution in [0, 0.1) is 5.92 Å². The number of nitrogens with one attached hydrogen (secondary N) is 2. The van der Waals surface area contributed by atoms with E-state index in [4.69, 9.17) is 0 Å². The van der Waals surface area contributed by atoms with Gasteiger partial charge in [0.05, 0.1) is 0 Å². The number of carbonyl (C=O) groups is 1. The average Bonchev–Trinajstić information content (AvgIpc) is 2.79. The van der Waals surface area contributed by atoms with E-state index in [2.05, 4.69) is 15.6 Å². The van der Waals surface area contributed by atoms with E-state index in [1.54, 1.807) is 6.20 Å². The minimum atomic E-state index is 0.201. The van der Waals surface area contributed by atoms with Gasteiger partial charge in [0, 0.05) is 43.4 Å². The van der Waals surface area contributed by atoms with E-state index in [9.17, 15) is 4.79 Å². The number of nitrogens with zero attached hydrogens (tertiary/aromatic N) is 1. The molecule has 3 rings (SSSR count). The van der Waals surface area contributed by atoms with Crippen molar-refractivity contribution < 1.29 is 4.79 Å². The fourth-order valence-corrected chi connectivity index (χ4v) is 3.55. The average molecular weight is 273 g/mol. The number of hydrogen-bond acceptors (Lipinski definition) is 3. The first-order valence-electron chi connectivity index (χ1n) is 7.72. The topological polar surface area (TPSA) is 54.0 Å². The second-order valence-electron chi connectivity index (χ2n) is 6.10. The van der Waals surface area contributed by atoms with Crippen molar-refractivity contribution in [2.45, 2.75) is 50.6 Å². The second-order valence-corrected chi connectivity index (χ2v) is 6.10. The van der Waals surface area contributed by atoms with E-state index < -0.39 is 0 Å². The van der Waals surface area contributed by atoms with Gasteiger partial charge in [-0.2, -0.15) is 0 Å². The molecule has 1 amide bonds. The molecule has 2 saturated heterocycles. The quantitative estimate of drug-likeness (QED) is 0.858. The van der Waals surface area contributed by atoms with Gasteiger partial charge in [-0.3, -0.25) is 9.78 Å². The SMILES string of the molecule is O=C(CC1CC2CCC(C1)N2)NCCc1ccccn1. The summed E-state index contributed by atoms with van der Waals surface area (Å²) < 4.78 is 0. The molecule has 2 aliphatic rings. The fraction of sp³-hybridized carbons (Fsp3) is 0.625. The zero-order valence-corrected chi connectivity index (χ0v) is 11.8. The van der Waals surface area contributed by atoms with Crippen LogP contribution in [0.4, 0.5) is 0 Å². The predicted octanol–water partition coefficient (Wildman–Crippen LogP) is 1.66. The van der Waals surface area contributed by atoms with Gasteiger partial charge in [-0.1, -0.05) is 6.07 Å². The lowest BCUT2D eigenvalue weighted by Gasteiger charge is -2.28. The Labute approximate surface area is 120 Å². The molecule has 2 unspecified atom stereocenters. The van der Waals surface area contributed by atoms with Crippen molar-refractivity contribution in [2.75, 3.05) is 6.54 Å². The Morgan fingerprint density at radius 2 is 2.10 bits per heavy atom. The van der Waals surface area contributed by atoms with Crippen molar-refractivity contribution in [1.82, 2.24) is 15.6 Å². The van der Waals surface area contributed by atoms with Crippen LogP contribution in [0.2, 0.25) is 0 Å². The summed E-state index contributed by atoms with van der Waals surface area (Å²) in [7, 11) is 0. The van der Waals surface area contributed by atoms with Crippen LogP contribution in [-0.4, -0.2) is 29.5 Å². The Kier molecular flexibility index (Phi) is 4.31. The summed E-state index contributed by atoms with van der Waals surface area (Å²) >= 11 is 0. The highest BCUT2D eigenvalue weighted by Gasteiger charge is 2.33. The van der Waals surface area contributed by atoms with Crippen molar-refractivity contribution in [3.8, 4) is 0 Å². The molecule has 0 spiro atoms. The van der Waals surface area contributed by atoms with E-state index in [0.29, 0.717) is 31.0 Å². The number of aromatic nitrogens is 1. The summed E-state index contributed by atoms with van der Waals surface area (Å²) in [6.07, 6.45) is 8.22. The minimum absolute atomic E-state index is 0.201. The van der Waals surface area contributed by atoms with Gasteiger partial charge in [0.15, 0.2) is 0 Å². The van der Waals surface area contributed by atoms with Crippen molar-refractivity contribution in [1.29, 1.82) is 0 Å². The molecule has 20 heavy (non-hydrogen) atoms. The van der Waals surface area contributed by atoms with E-state index in [-0.39, 0.29) is 5.91 Å². The molecule has 3 heterocycles. The molecule has 4 nitrogen and oxygen atoms in total. The summed E-state index contributed by atoms with van der Waals surface area (Å²) in [6.45, 7) is 0.688. The van der Waals surface area contributed by atoms with Gasteiger partial charge in [-0.25, -0.2) is 0 Å². The van der Waals surface area contributed by atoms with Gasteiger partial charge in [0.2, 0.25) is 5.91 Å². The van der Waals surface area contributed by atoms with Gasteiger partial charge < -0.3 is 10.6 Å². The second kappa shape index (κ2) is 6.35. The molecule has 2 aliphatic heterocycles. The van der Waals surface area contributed by atoms with Gasteiger partial charge in [-0.15, -0.1) is 0 Å². The molecular weight excluding hydrogens is 250 g/mol. The number of piperidine rings is 1. The van der Waals surface area contributed by atoms with Crippen LogP contribution in [0.15, 0.2) is 24.4 Å². The van der Waals surface area contributed by atoms with Crippen LogP contribution in [0.25, 0.3) is 0 Å². The lowest BCUT2D eigenvalue weighted by molar-refractivity contribution is -0.122. The zero-order valence-electron chi connectivity index (χ0n) is 11.8. The molecule has 2 atom stereocenters. The normalized spacial score (nSPS) is 28.3. The highest BCUT2D eigenvalue weighted by atomic mass is 16.1. The number of hydrogen-bond donors (Lipinski definition) is 2. The Bertz CT molecular complexity index is 436. The van der Waals surface area contributed by atoms with Crippen LogP contribution in [-0.2, 0) is 11.2 Å². The molecule has 1 aromatic rings. The van der Waals surface area contributed by atoms with Crippen LogP contribution >= 0.6 is 0 Å². The Morgan fingerprint density at radius 1 is 1.30 bits per heavy atom. The highest BCUT2D eigenvalue weighted by Crippen LogP contribution is 2.32. The summed E-state index contributed by atoms with van der Waals surface area (Å²) in [6, 6.07) is 7.22. The number of rotatable bonds is 5. The van der Waals surface area contributed by atoms with Crippen molar-refractivity contribution >= 4 is 5.91 Å². The first-order chi connectivity index (χ1) is 9.79. The van der Waals surface area contributed by atoms with Crippen LogP contribution in [0.3, 0.4) is 0 Å². The van der Waals surface area contributed by atoms with Crippen molar-refractivity contribution in [2.24, 2.45) is 5.92 Å². The smallest absolute Gasteiger partial charge is 0.220 e. The monoisotopic (exact) mass is 273 g/mol. The third-order valence-electron chi connectivity index (χ3n) is 4.47. The first kappa shape index (κ1) is 13.6. The molecule has 0 saturated carbocycles. The van der Waals surface area contributed by atoms with Crippen molar-refractivity contribution in [3.05, 3.63) is 30.1 Å². The molecule has 4 heteroatoms. The van der Waals surface area contributed by atoms with Crippen LogP contribution < -0.4 is 10.6 Å². The maximum atomic E-state index is 12.0. The van der Waals surface area contributed by atoms with E-state index in [0.717, 1.165) is 12.1 Å². The summed E-state index contributed by atoms with van der Waals surface area (Å²) in [5.74, 6) is 0.774. The predicted molar refractivity (Wildman–Crippen MR) is 78.2 cm³/mol. The molecule has 108 valence electrons. The molecule has 0 aromatic carbocycles. The third kappa shape index (κ3) is 3.57. The van der Waals surface area contributed by atoms with Crippen LogP contribution in [0.1, 0.15) is 37.8 Å². The largest absolute Gasteiger partial charge is 0.356 e. The van der Waals surface area contributed by atoms with Gasteiger partial charge >= 0.3 is 0 Å². The molecule has 2 fully saturated rings. The van der Waals surface area contributed by atoms with Crippen LogP contribution in [0.5, 0.6) is 0 Å². The van der Waals surface area contributed by atoms with E-state index in [1.165, 1.54) is 25.7 Å². The molecular formula is C16H23N3O. The third-order valence-corrected chi connectivity index (χ3v) is 4.47. The molecule has 2 bridgehead atoms. The molecule has 1 aromatic heterocycles. The van der Waals surface area contributed by atoms with Gasteiger partial charge in [-0.05, 0) is 43.7 Å². The maximum Gasteiger partial charge on any atom is 0.220 e. The minimum Gasteiger partial charge on any atom is -0.356 e. The Hall–Kier alpha value is -1.42. The van der Waals surface area contributed by atoms with Crippen molar-refractivity contribution in [3.63, 3.8) is 0 Å². The number of fused-ring (bicyclic) bond motifs is 2. The summed E-state index contributed by atoms with van der Waals surface area (Å²) in [5, 5.41) is 6.65. The zero-order chi connectivity index (χ0) is 13.8. The standard InChI is InChI=1S/C16H23N3O/c20-16(18-8-6-13-3-1-2-7-17-13)11-12-9-14-4-5-15(10-12)19-14/h1-3,7,12,14-15,19H,4-6,8-11H2,(H,18,20). The number of amides is 1. The highest BCUT2D eigenvalue weighted by molar-refractivity contribution is 5.76. The number of pyridine rings is 1. The fourth-order valence-electron chi connectivity index (χ4n) is 3.55. The van der Waals surface area contributed by atoms with Gasteiger partial charge in [0.1, 0.15) is 0 Å². The van der Waals surface area contributed by atoms with E-state index in [1.807, 2.05) is 18.2 Å². The lowest BCUT2D eigenvalue weighted by Crippen LogP contribution is -2.39. The number of carbonyl (C=O) groups excluding carboxylic acids is 1. The molecule has 0 aliphatic carbocycles. The first-order valence-corrected chi connectivity index (χ1v) is 7.72. The molecule has 0 radical (unpaired) electrons. The Morgan fingerprint density at radius 3 is 2.80 bits per heavy atom. The lowest BCUT2D eigenvalue weighted by atomic mass is 9.89. The Balaban J connectivity index is 1.37. The maximum absolute atomic E-state index is 12.0. The summed E-state index contributed by atoms with van der Waals surface area (Å²) in [4.78, 5) is 16.2. The molecule has 2 N–H and O–H groups in total. The summed E-state index contributed by atoms with van der Waals surface area (Å²) in [5.41, 5.74) is 1.03. The van der Waals surface area contributed by atoms with Gasteiger partial charge in [0.25, 0.3) is 0 Å². The van der Waals surface area contributed by atoms with E-state index >= 15 is 0 Å².